The number of carbonyl (C=O) groups is 1. The van der Waals surface area contributed by atoms with E-state index in [1.54, 1.807) is 0 Å². The summed E-state index contributed by atoms with van der Waals surface area (Å²) >= 11 is 1.37. The molecule has 2 aromatic carbocycles. The number of benzene rings is 2. The highest BCUT2D eigenvalue weighted by atomic mass is 32.1. The fourth-order valence-electron chi connectivity index (χ4n) is 2.74. The molecule has 4 rings (SSSR count). The molecule has 0 atom stereocenters. The molecule has 0 radical (unpaired) electrons. The monoisotopic (exact) mass is 394 g/mol. The van der Waals surface area contributed by atoms with Gasteiger partial charge >= 0.3 is 0 Å². The number of fused-ring (bicyclic) bond motifs is 2. The van der Waals surface area contributed by atoms with Crippen molar-refractivity contribution < 1.29 is 14.3 Å². The van der Waals surface area contributed by atoms with Crippen LogP contribution in [0.5, 0.6) is 11.6 Å². The number of nitrogens with zero attached hydrogens (tertiary/aromatic N) is 3. The Labute approximate surface area is 165 Å². The molecule has 8 heteroatoms. The molecule has 0 saturated carbocycles. The average Bonchev–Trinajstić information content (AvgIpc) is 3.09. The highest BCUT2D eigenvalue weighted by Crippen LogP contribution is 2.30. The first kappa shape index (κ1) is 18.1. The van der Waals surface area contributed by atoms with Gasteiger partial charge in [-0.2, -0.15) is 0 Å². The molecule has 0 spiro atoms. The van der Waals surface area contributed by atoms with E-state index >= 15 is 0 Å². The molecule has 0 fully saturated rings. The molecule has 2 heterocycles. The van der Waals surface area contributed by atoms with Gasteiger partial charge in [0.25, 0.3) is 5.91 Å². The summed E-state index contributed by atoms with van der Waals surface area (Å²) in [4.78, 5) is 26.2. The first-order chi connectivity index (χ1) is 13.7. The normalized spacial score (nSPS) is 10.9. The average molecular weight is 394 g/mol. The summed E-state index contributed by atoms with van der Waals surface area (Å²) in [6.45, 7) is 4.74. The molecule has 0 aliphatic carbocycles. The van der Waals surface area contributed by atoms with Crippen LogP contribution in [-0.2, 0) is 0 Å². The molecule has 2 aromatic heterocycles. The number of ether oxygens (including phenoxy) is 2. The molecule has 28 heavy (non-hydrogen) atoms. The van der Waals surface area contributed by atoms with Crippen LogP contribution in [0.1, 0.15) is 24.3 Å². The number of para-hydroxylation sites is 2. The van der Waals surface area contributed by atoms with Gasteiger partial charge in [0.15, 0.2) is 10.8 Å². The number of thiazole rings is 1. The van der Waals surface area contributed by atoms with Gasteiger partial charge in [-0.1, -0.05) is 23.5 Å². The van der Waals surface area contributed by atoms with Crippen molar-refractivity contribution in [2.45, 2.75) is 13.8 Å². The van der Waals surface area contributed by atoms with E-state index < -0.39 is 5.91 Å². The van der Waals surface area contributed by atoms with Gasteiger partial charge in [-0.25, -0.2) is 15.0 Å². The summed E-state index contributed by atoms with van der Waals surface area (Å²) in [6.07, 6.45) is 0. The van der Waals surface area contributed by atoms with Crippen LogP contribution in [0.15, 0.2) is 42.5 Å². The summed E-state index contributed by atoms with van der Waals surface area (Å²) in [5.41, 5.74) is 2.22. The van der Waals surface area contributed by atoms with E-state index in [1.807, 2.05) is 56.3 Å². The van der Waals surface area contributed by atoms with Crippen LogP contribution < -0.4 is 14.8 Å². The third-order valence-corrected chi connectivity index (χ3v) is 4.86. The van der Waals surface area contributed by atoms with Gasteiger partial charge in [0.05, 0.1) is 34.5 Å². The summed E-state index contributed by atoms with van der Waals surface area (Å²) in [6, 6.07) is 13.0. The van der Waals surface area contributed by atoms with Crippen LogP contribution in [-0.4, -0.2) is 34.1 Å². The Balaban J connectivity index is 1.65. The second-order valence-corrected chi connectivity index (χ2v) is 6.87. The summed E-state index contributed by atoms with van der Waals surface area (Å²) in [5.74, 6) is 0.569. The van der Waals surface area contributed by atoms with Crippen molar-refractivity contribution in [3.8, 4) is 11.6 Å². The number of rotatable bonds is 6. The highest BCUT2D eigenvalue weighted by Gasteiger charge is 2.19. The van der Waals surface area contributed by atoms with E-state index in [-0.39, 0.29) is 11.6 Å². The van der Waals surface area contributed by atoms with Crippen molar-refractivity contribution in [3.05, 3.63) is 48.2 Å². The summed E-state index contributed by atoms with van der Waals surface area (Å²) in [7, 11) is 0. The molecule has 0 aliphatic rings. The lowest BCUT2D eigenvalue weighted by Crippen LogP contribution is -2.16. The van der Waals surface area contributed by atoms with Crippen molar-refractivity contribution >= 4 is 43.6 Å². The Bertz CT molecular complexity index is 1160. The Morgan fingerprint density at radius 2 is 1.71 bits per heavy atom. The number of carbonyl (C=O) groups excluding carboxylic acids is 1. The molecule has 1 amide bonds. The van der Waals surface area contributed by atoms with E-state index in [2.05, 4.69) is 20.3 Å². The predicted molar refractivity (Wildman–Crippen MR) is 109 cm³/mol. The number of anilines is 1. The Kier molecular flexibility index (Phi) is 5.03. The molecular weight excluding hydrogens is 376 g/mol. The minimum atomic E-state index is -0.411. The third kappa shape index (κ3) is 3.59. The summed E-state index contributed by atoms with van der Waals surface area (Å²) in [5, 5.41) is 3.29. The van der Waals surface area contributed by atoms with Crippen molar-refractivity contribution in [1.29, 1.82) is 0 Å². The summed E-state index contributed by atoms with van der Waals surface area (Å²) < 4.78 is 12.0. The van der Waals surface area contributed by atoms with Gasteiger partial charge in [-0.05, 0) is 44.2 Å². The van der Waals surface area contributed by atoms with Crippen molar-refractivity contribution in [1.82, 2.24) is 15.0 Å². The topological polar surface area (TPSA) is 86.2 Å². The van der Waals surface area contributed by atoms with Crippen LogP contribution in [0.2, 0.25) is 0 Å². The number of hydrogen-bond donors (Lipinski definition) is 1. The zero-order chi connectivity index (χ0) is 19.5. The maximum Gasteiger partial charge on any atom is 0.281 e. The maximum atomic E-state index is 12.8. The van der Waals surface area contributed by atoms with Crippen LogP contribution in [0.4, 0.5) is 5.13 Å². The van der Waals surface area contributed by atoms with E-state index in [9.17, 15) is 4.79 Å². The molecule has 4 aromatic rings. The Morgan fingerprint density at radius 3 is 2.46 bits per heavy atom. The molecule has 0 bridgehead atoms. The number of amides is 1. The lowest BCUT2D eigenvalue weighted by molar-refractivity contribution is 0.101. The Hall–Kier alpha value is -3.26. The van der Waals surface area contributed by atoms with E-state index in [0.717, 1.165) is 16.0 Å². The molecule has 142 valence electrons. The number of hydrogen-bond acceptors (Lipinski definition) is 7. The minimum Gasteiger partial charge on any atom is -0.494 e. The van der Waals surface area contributed by atoms with Crippen molar-refractivity contribution in [3.63, 3.8) is 0 Å². The van der Waals surface area contributed by atoms with Gasteiger partial charge in [-0.3, -0.25) is 10.1 Å². The van der Waals surface area contributed by atoms with Crippen LogP contribution >= 0.6 is 11.3 Å². The largest absolute Gasteiger partial charge is 0.494 e. The van der Waals surface area contributed by atoms with Crippen LogP contribution in [0.3, 0.4) is 0 Å². The fraction of sp³-hybridized carbons (Fsp3) is 0.200. The first-order valence-corrected chi connectivity index (χ1v) is 9.74. The predicted octanol–water partition coefficient (Wildman–Crippen LogP) is 4.29. The third-order valence-electron chi connectivity index (χ3n) is 3.93. The Morgan fingerprint density at radius 1 is 0.964 bits per heavy atom. The van der Waals surface area contributed by atoms with Gasteiger partial charge in [-0.15, -0.1) is 0 Å². The van der Waals surface area contributed by atoms with Gasteiger partial charge in [0.2, 0.25) is 5.88 Å². The molecule has 0 unspecified atom stereocenters. The van der Waals surface area contributed by atoms with E-state index in [0.29, 0.717) is 29.4 Å². The molecule has 0 saturated heterocycles. The van der Waals surface area contributed by atoms with Crippen LogP contribution in [0.25, 0.3) is 21.3 Å². The smallest absolute Gasteiger partial charge is 0.281 e. The minimum absolute atomic E-state index is 0.134. The van der Waals surface area contributed by atoms with Crippen molar-refractivity contribution in [2.24, 2.45) is 0 Å². The molecule has 0 aliphatic heterocycles. The fourth-order valence-corrected chi connectivity index (χ4v) is 3.63. The zero-order valence-corrected chi connectivity index (χ0v) is 16.2. The number of aromatic nitrogens is 3. The van der Waals surface area contributed by atoms with Crippen LogP contribution in [0, 0.1) is 0 Å². The van der Waals surface area contributed by atoms with E-state index in [1.165, 1.54) is 11.3 Å². The molecule has 7 nitrogen and oxygen atoms in total. The number of nitrogens with one attached hydrogen (secondary N) is 1. The van der Waals surface area contributed by atoms with Crippen molar-refractivity contribution in [2.75, 3.05) is 18.5 Å². The van der Waals surface area contributed by atoms with Gasteiger partial charge < -0.3 is 9.47 Å². The van der Waals surface area contributed by atoms with Gasteiger partial charge in [0, 0.05) is 0 Å². The zero-order valence-electron chi connectivity index (χ0n) is 15.4. The first-order valence-electron chi connectivity index (χ1n) is 8.92. The highest BCUT2D eigenvalue weighted by molar-refractivity contribution is 7.22. The molecular formula is C20H18N4O3S. The standard InChI is InChI=1S/C20H18N4O3S/c1-3-26-12-9-10-15-16(11-12)28-20(23-15)24-18(25)17-19(27-4-2)22-14-8-6-5-7-13(14)21-17/h5-11H,3-4H2,1-2H3,(H,23,24,25). The second-order valence-electron chi connectivity index (χ2n) is 5.83. The second kappa shape index (κ2) is 7.77. The molecule has 1 N–H and O–H groups in total. The quantitative estimate of drug-likeness (QED) is 0.525. The SMILES string of the molecule is CCOc1ccc2nc(NC(=O)c3nc4ccccc4nc3OCC)sc2c1. The van der Waals surface area contributed by atoms with Gasteiger partial charge in [0.1, 0.15) is 5.75 Å². The van der Waals surface area contributed by atoms with E-state index in [4.69, 9.17) is 9.47 Å². The lowest BCUT2D eigenvalue weighted by Gasteiger charge is -2.09. The maximum absolute atomic E-state index is 12.8. The lowest BCUT2D eigenvalue weighted by atomic mass is 10.3.